The van der Waals surface area contributed by atoms with Crippen molar-refractivity contribution in [3.63, 3.8) is 0 Å². The smallest absolute Gasteiger partial charge is 0.00118 e. The fourth-order valence-electron chi connectivity index (χ4n) is 9.20. The van der Waals surface area contributed by atoms with Crippen LogP contribution in [0.4, 0.5) is 0 Å². The van der Waals surface area contributed by atoms with Crippen molar-refractivity contribution in [3.8, 4) is 0 Å². The Balaban J connectivity index is 1.77. The first kappa shape index (κ1) is 31.1. The van der Waals surface area contributed by atoms with Crippen molar-refractivity contribution in [1.29, 1.82) is 0 Å². The number of aryl methyl sites for hydroxylation is 10. The van der Waals surface area contributed by atoms with Crippen LogP contribution >= 0.6 is 0 Å². The van der Waals surface area contributed by atoms with E-state index in [1.807, 2.05) is 0 Å². The van der Waals surface area contributed by atoms with Gasteiger partial charge in [-0.15, -0.1) is 0 Å². The second-order valence-electron chi connectivity index (χ2n) is 14.7. The summed E-state index contributed by atoms with van der Waals surface area (Å²) < 4.78 is 0. The maximum atomic E-state index is 2.49. The van der Waals surface area contributed by atoms with Crippen molar-refractivity contribution in [2.24, 2.45) is 0 Å². The fraction of sp³-hybridized carbons (Fsp3) is 0.333. The van der Waals surface area contributed by atoms with Gasteiger partial charge in [-0.05, 0) is 127 Å². The van der Waals surface area contributed by atoms with Gasteiger partial charge in [-0.25, -0.2) is 0 Å². The highest BCUT2D eigenvalue weighted by Crippen LogP contribution is 2.67. The monoisotopic (exact) mass is 590 g/mol. The molecular formula is C45H50. The molecule has 0 heterocycles. The van der Waals surface area contributed by atoms with Crippen LogP contribution in [-0.4, -0.2) is 0 Å². The Bertz CT molecular complexity index is 1450. The number of benzene rings is 5. The SMILES string of the molecule is Cc1cc(C)cc(C2C(c3cc(C)cc(C)c3)C(c3cc(C)cc(C)c3)C(c3cc(C)cc(C)c3)C2c2cc(C)cc(C)c2)c1. The maximum absolute atomic E-state index is 2.49. The van der Waals surface area contributed by atoms with E-state index in [-0.39, 0.29) is 0 Å². The third kappa shape index (κ3) is 6.30. The summed E-state index contributed by atoms with van der Waals surface area (Å²) in [4.78, 5) is 0. The Morgan fingerprint density at radius 2 is 0.311 bits per heavy atom. The molecule has 0 saturated heterocycles. The molecule has 0 spiro atoms. The Hall–Kier alpha value is -3.90. The zero-order valence-corrected chi connectivity index (χ0v) is 29.0. The predicted octanol–water partition coefficient (Wildman–Crippen LogP) is 12.0. The van der Waals surface area contributed by atoms with Gasteiger partial charge in [0.15, 0.2) is 0 Å². The number of hydrogen-bond donors (Lipinski definition) is 0. The highest BCUT2D eigenvalue weighted by atomic mass is 14.6. The van der Waals surface area contributed by atoms with Crippen LogP contribution in [0.3, 0.4) is 0 Å². The summed E-state index contributed by atoms with van der Waals surface area (Å²) in [6.07, 6.45) is 0. The quantitative estimate of drug-likeness (QED) is 0.191. The van der Waals surface area contributed by atoms with Gasteiger partial charge in [0.1, 0.15) is 0 Å². The minimum Gasteiger partial charge on any atom is -0.0564 e. The zero-order valence-electron chi connectivity index (χ0n) is 29.0. The lowest BCUT2D eigenvalue weighted by atomic mass is 9.73. The molecular weight excluding hydrogens is 540 g/mol. The van der Waals surface area contributed by atoms with E-state index < -0.39 is 0 Å². The summed E-state index contributed by atoms with van der Waals surface area (Å²) in [5.74, 6) is 1.54. The van der Waals surface area contributed by atoms with Crippen LogP contribution in [0.5, 0.6) is 0 Å². The molecule has 0 amide bonds. The minimum absolute atomic E-state index is 0.308. The summed E-state index contributed by atoms with van der Waals surface area (Å²) in [6, 6.07) is 36.6. The molecule has 0 unspecified atom stereocenters. The maximum Gasteiger partial charge on any atom is -0.00118 e. The van der Waals surface area contributed by atoms with Crippen LogP contribution in [0, 0.1) is 69.2 Å². The number of rotatable bonds is 5. The van der Waals surface area contributed by atoms with E-state index in [0.717, 1.165) is 0 Å². The van der Waals surface area contributed by atoms with Crippen molar-refractivity contribution in [2.75, 3.05) is 0 Å². The molecule has 0 bridgehead atoms. The van der Waals surface area contributed by atoms with Crippen LogP contribution < -0.4 is 0 Å². The molecule has 5 aromatic carbocycles. The zero-order chi connectivity index (χ0) is 32.2. The van der Waals surface area contributed by atoms with E-state index in [1.165, 1.54) is 83.5 Å². The lowest BCUT2D eigenvalue weighted by molar-refractivity contribution is 0.551. The lowest BCUT2D eigenvalue weighted by Gasteiger charge is -2.30. The molecule has 230 valence electrons. The first-order valence-electron chi connectivity index (χ1n) is 16.8. The van der Waals surface area contributed by atoms with Crippen molar-refractivity contribution in [3.05, 3.63) is 174 Å². The third-order valence-electron chi connectivity index (χ3n) is 10.1. The van der Waals surface area contributed by atoms with Gasteiger partial charge in [0.05, 0.1) is 0 Å². The largest absolute Gasteiger partial charge is 0.0564 e. The lowest BCUT2D eigenvalue weighted by Crippen LogP contribution is -2.15. The van der Waals surface area contributed by atoms with E-state index in [1.54, 1.807) is 0 Å². The van der Waals surface area contributed by atoms with E-state index in [9.17, 15) is 0 Å². The first-order chi connectivity index (χ1) is 21.4. The molecule has 0 radical (unpaired) electrons. The van der Waals surface area contributed by atoms with Gasteiger partial charge < -0.3 is 0 Å². The van der Waals surface area contributed by atoms with Crippen molar-refractivity contribution < 1.29 is 0 Å². The van der Waals surface area contributed by atoms with E-state index in [0.29, 0.717) is 29.6 Å². The van der Waals surface area contributed by atoms with Crippen LogP contribution in [-0.2, 0) is 0 Å². The summed E-state index contributed by atoms with van der Waals surface area (Å²) in [5, 5.41) is 0. The minimum atomic E-state index is 0.308. The molecule has 45 heavy (non-hydrogen) atoms. The average molecular weight is 591 g/mol. The van der Waals surface area contributed by atoms with E-state index >= 15 is 0 Å². The molecule has 0 atom stereocenters. The third-order valence-corrected chi connectivity index (χ3v) is 10.1. The Kier molecular flexibility index (Phi) is 8.38. The highest BCUT2D eigenvalue weighted by Gasteiger charge is 2.53. The first-order valence-corrected chi connectivity index (χ1v) is 16.8. The molecule has 0 nitrogen and oxygen atoms in total. The molecule has 6 rings (SSSR count). The van der Waals surface area contributed by atoms with Crippen LogP contribution in [0.15, 0.2) is 91.0 Å². The topological polar surface area (TPSA) is 0 Å². The normalized spacial score (nSPS) is 21.3. The molecule has 1 aliphatic carbocycles. The summed E-state index contributed by atoms with van der Waals surface area (Å²) in [7, 11) is 0. The Morgan fingerprint density at radius 3 is 0.422 bits per heavy atom. The van der Waals surface area contributed by atoms with Crippen LogP contribution in [0.25, 0.3) is 0 Å². The van der Waals surface area contributed by atoms with Gasteiger partial charge in [-0.2, -0.15) is 0 Å². The molecule has 0 aromatic heterocycles. The van der Waals surface area contributed by atoms with Crippen molar-refractivity contribution >= 4 is 0 Å². The molecule has 1 fully saturated rings. The van der Waals surface area contributed by atoms with Crippen LogP contribution in [0.1, 0.15) is 113 Å². The molecule has 1 saturated carbocycles. The predicted molar refractivity (Wildman–Crippen MR) is 193 cm³/mol. The van der Waals surface area contributed by atoms with E-state index in [4.69, 9.17) is 0 Å². The molecule has 0 N–H and O–H groups in total. The van der Waals surface area contributed by atoms with Gasteiger partial charge >= 0.3 is 0 Å². The van der Waals surface area contributed by atoms with Gasteiger partial charge in [-0.1, -0.05) is 147 Å². The summed E-state index contributed by atoms with van der Waals surface area (Å²) >= 11 is 0. The second kappa shape index (κ2) is 12.1. The highest BCUT2D eigenvalue weighted by molar-refractivity contribution is 5.52. The second-order valence-corrected chi connectivity index (χ2v) is 14.7. The number of hydrogen-bond acceptors (Lipinski definition) is 0. The molecule has 0 aliphatic heterocycles. The average Bonchev–Trinajstić information content (AvgIpc) is 3.27. The summed E-state index contributed by atoms with van der Waals surface area (Å²) in [5.41, 5.74) is 20.9. The van der Waals surface area contributed by atoms with Crippen LogP contribution in [0.2, 0.25) is 0 Å². The fourth-order valence-corrected chi connectivity index (χ4v) is 9.20. The van der Waals surface area contributed by atoms with Gasteiger partial charge in [0, 0.05) is 0 Å². The Morgan fingerprint density at radius 1 is 0.200 bits per heavy atom. The molecule has 1 aliphatic rings. The van der Waals surface area contributed by atoms with Gasteiger partial charge in [0.2, 0.25) is 0 Å². The molecule has 0 heteroatoms. The van der Waals surface area contributed by atoms with Crippen molar-refractivity contribution in [1.82, 2.24) is 0 Å². The molecule has 5 aromatic rings. The van der Waals surface area contributed by atoms with Gasteiger partial charge in [0.25, 0.3) is 0 Å². The summed E-state index contributed by atoms with van der Waals surface area (Å²) in [6.45, 7) is 22.7. The van der Waals surface area contributed by atoms with Crippen molar-refractivity contribution in [2.45, 2.75) is 98.8 Å². The Labute approximate surface area is 272 Å². The van der Waals surface area contributed by atoms with E-state index in [2.05, 4.69) is 160 Å². The van der Waals surface area contributed by atoms with Gasteiger partial charge in [-0.3, -0.25) is 0 Å². The standard InChI is InChI=1S/C45H50/c1-26-11-27(2)17-36(16-26)41-42(37-18-28(3)12-29(4)19-37)44(39-22-32(7)14-33(8)23-39)45(40-24-34(9)15-35(10)25-40)43(41)38-20-30(5)13-31(6)21-38/h11-25,41-45H,1-10H3.